The number of hydrogen-bond acceptors (Lipinski definition) is 1. The van der Waals surface area contributed by atoms with Gasteiger partial charge in [0.1, 0.15) is 5.82 Å². The Morgan fingerprint density at radius 3 is 2.56 bits per heavy atom. The second kappa shape index (κ2) is 3.66. The van der Waals surface area contributed by atoms with Gasteiger partial charge in [0.2, 0.25) is 0 Å². The fourth-order valence-corrected chi connectivity index (χ4v) is 1.52. The van der Waals surface area contributed by atoms with Crippen LogP contribution in [0.3, 0.4) is 0 Å². The standard InChI is InChI=1S/C11H8F3NO/c1-5-2-6-8(3-7(5)12)15-9(11(13)14)4-10(6)16/h2-4,11H,1H3,(H,15,16). The zero-order valence-electron chi connectivity index (χ0n) is 8.35. The molecule has 0 unspecified atom stereocenters. The predicted octanol–water partition coefficient (Wildman–Crippen LogP) is 2.91. The Morgan fingerprint density at radius 2 is 1.94 bits per heavy atom. The van der Waals surface area contributed by atoms with Crippen molar-refractivity contribution in [1.29, 1.82) is 0 Å². The number of alkyl halides is 2. The molecule has 0 saturated heterocycles. The maximum absolute atomic E-state index is 13.2. The molecule has 2 aromatic rings. The van der Waals surface area contributed by atoms with E-state index in [9.17, 15) is 18.0 Å². The van der Waals surface area contributed by atoms with Crippen molar-refractivity contribution in [2.45, 2.75) is 13.3 Å². The van der Waals surface area contributed by atoms with Gasteiger partial charge >= 0.3 is 0 Å². The van der Waals surface area contributed by atoms with E-state index in [1.807, 2.05) is 0 Å². The Labute approximate surface area is 88.7 Å². The Hall–Kier alpha value is -1.78. The van der Waals surface area contributed by atoms with Gasteiger partial charge in [-0.05, 0) is 24.6 Å². The third-order valence-electron chi connectivity index (χ3n) is 2.36. The van der Waals surface area contributed by atoms with Crippen LogP contribution in [0.5, 0.6) is 0 Å². The second-order valence-corrected chi connectivity index (χ2v) is 3.54. The summed E-state index contributed by atoms with van der Waals surface area (Å²) in [4.78, 5) is 13.8. The summed E-state index contributed by atoms with van der Waals surface area (Å²) < 4.78 is 38.0. The van der Waals surface area contributed by atoms with Crippen LogP contribution in [0, 0.1) is 12.7 Å². The van der Waals surface area contributed by atoms with Gasteiger partial charge in [-0.15, -0.1) is 0 Å². The average Bonchev–Trinajstić information content (AvgIpc) is 2.20. The molecule has 0 aliphatic heterocycles. The van der Waals surface area contributed by atoms with Gasteiger partial charge in [-0.25, -0.2) is 13.2 Å². The van der Waals surface area contributed by atoms with E-state index in [-0.39, 0.29) is 10.9 Å². The van der Waals surface area contributed by atoms with Crippen molar-refractivity contribution < 1.29 is 13.2 Å². The number of benzene rings is 1. The molecule has 0 atom stereocenters. The first-order valence-corrected chi connectivity index (χ1v) is 4.60. The van der Waals surface area contributed by atoms with Crippen LogP contribution in [0.15, 0.2) is 23.0 Å². The van der Waals surface area contributed by atoms with Gasteiger partial charge in [0.25, 0.3) is 6.43 Å². The minimum absolute atomic E-state index is 0.0888. The van der Waals surface area contributed by atoms with E-state index in [0.717, 1.165) is 12.1 Å². The van der Waals surface area contributed by atoms with Gasteiger partial charge < -0.3 is 4.98 Å². The summed E-state index contributed by atoms with van der Waals surface area (Å²) in [5.41, 5.74) is -0.637. The lowest BCUT2D eigenvalue weighted by Crippen LogP contribution is -2.06. The number of aromatic nitrogens is 1. The summed E-state index contributed by atoms with van der Waals surface area (Å²) in [5.74, 6) is -0.533. The van der Waals surface area contributed by atoms with Crippen LogP contribution in [-0.4, -0.2) is 4.98 Å². The van der Waals surface area contributed by atoms with Crippen LogP contribution in [0.2, 0.25) is 0 Å². The number of rotatable bonds is 1. The highest BCUT2D eigenvalue weighted by atomic mass is 19.3. The summed E-state index contributed by atoms with van der Waals surface area (Å²) in [5, 5.41) is 0.211. The van der Waals surface area contributed by atoms with Gasteiger partial charge in [-0.1, -0.05) is 0 Å². The quantitative estimate of drug-likeness (QED) is 0.798. The number of aryl methyl sites for hydroxylation is 1. The molecule has 1 aromatic heterocycles. The van der Waals surface area contributed by atoms with Crippen molar-refractivity contribution in [3.8, 4) is 0 Å². The summed E-state index contributed by atoms with van der Waals surface area (Å²) >= 11 is 0. The van der Waals surface area contributed by atoms with Gasteiger partial charge in [-0.3, -0.25) is 4.79 Å². The van der Waals surface area contributed by atoms with E-state index in [4.69, 9.17) is 0 Å². The molecule has 2 nitrogen and oxygen atoms in total. The maximum Gasteiger partial charge on any atom is 0.278 e. The topological polar surface area (TPSA) is 32.9 Å². The Morgan fingerprint density at radius 1 is 1.25 bits per heavy atom. The molecule has 1 N–H and O–H groups in total. The van der Waals surface area contributed by atoms with Crippen LogP contribution < -0.4 is 5.43 Å². The minimum atomic E-state index is -2.78. The molecule has 0 bridgehead atoms. The second-order valence-electron chi connectivity index (χ2n) is 3.54. The van der Waals surface area contributed by atoms with Crippen molar-refractivity contribution in [3.63, 3.8) is 0 Å². The number of halogens is 3. The lowest BCUT2D eigenvalue weighted by atomic mass is 10.1. The molecule has 1 aromatic carbocycles. The van der Waals surface area contributed by atoms with Crippen molar-refractivity contribution in [3.05, 3.63) is 45.5 Å². The number of H-pyrrole nitrogens is 1. The highest BCUT2D eigenvalue weighted by molar-refractivity contribution is 5.79. The van der Waals surface area contributed by atoms with E-state index in [1.165, 1.54) is 13.0 Å². The Kier molecular flexibility index (Phi) is 2.46. The molecule has 0 saturated carbocycles. The number of hydrogen-bond donors (Lipinski definition) is 1. The van der Waals surface area contributed by atoms with Crippen LogP contribution >= 0.6 is 0 Å². The van der Waals surface area contributed by atoms with Crippen LogP contribution in [0.4, 0.5) is 13.2 Å². The zero-order valence-corrected chi connectivity index (χ0v) is 8.35. The third kappa shape index (κ3) is 1.68. The SMILES string of the molecule is Cc1cc2c(=O)cc(C(F)F)[nH]c2cc1F. The lowest BCUT2D eigenvalue weighted by molar-refractivity contribution is 0.146. The maximum atomic E-state index is 13.2. The predicted molar refractivity (Wildman–Crippen MR) is 54.2 cm³/mol. The molecule has 0 radical (unpaired) electrons. The Balaban J connectivity index is 2.82. The van der Waals surface area contributed by atoms with E-state index in [2.05, 4.69) is 4.98 Å². The molecule has 0 aliphatic rings. The lowest BCUT2D eigenvalue weighted by Gasteiger charge is -2.04. The number of fused-ring (bicyclic) bond motifs is 1. The number of pyridine rings is 1. The molecule has 5 heteroatoms. The van der Waals surface area contributed by atoms with E-state index in [0.29, 0.717) is 5.56 Å². The molecule has 0 fully saturated rings. The van der Waals surface area contributed by atoms with Gasteiger partial charge in [0.15, 0.2) is 5.43 Å². The highest BCUT2D eigenvalue weighted by Gasteiger charge is 2.11. The number of nitrogens with one attached hydrogen (secondary N) is 1. The highest BCUT2D eigenvalue weighted by Crippen LogP contribution is 2.19. The van der Waals surface area contributed by atoms with E-state index >= 15 is 0 Å². The van der Waals surface area contributed by atoms with Crippen molar-refractivity contribution >= 4 is 10.9 Å². The summed E-state index contributed by atoms with van der Waals surface area (Å²) in [6.45, 7) is 1.51. The largest absolute Gasteiger partial charge is 0.353 e. The normalized spacial score (nSPS) is 11.3. The van der Waals surface area contributed by atoms with Crippen molar-refractivity contribution in [2.24, 2.45) is 0 Å². The Bertz CT molecular complexity index is 604. The van der Waals surface area contributed by atoms with Gasteiger partial charge in [0.05, 0.1) is 11.2 Å². The first-order valence-electron chi connectivity index (χ1n) is 4.60. The van der Waals surface area contributed by atoms with Crippen LogP contribution in [0.1, 0.15) is 17.7 Å². The molecule has 0 spiro atoms. The molecule has 2 rings (SSSR count). The van der Waals surface area contributed by atoms with Crippen LogP contribution in [0.25, 0.3) is 10.9 Å². The van der Waals surface area contributed by atoms with Gasteiger partial charge in [0, 0.05) is 11.5 Å². The van der Waals surface area contributed by atoms with E-state index < -0.39 is 23.4 Å². The van der Waals surface area contributed by atoms with Crippen molar-refractivity contribution in [2.75, 3.05) is 0 Å². The molecule has 0 amide bonds. The molecule has 16 heavy (non-hydrogen) atoms. The smallest absolute Gasteiger partial charge is 0.278 e. The van der Waals surface area contributed by atoms with Gasteiger partial charge in [-0.2, -0.15) is 0 Å². The summed E-state index contributed by atoms with van der Waals surface area (Å²) in [7, 11) is 0. The summed E-state index contributed by atoms with van der Waals surface area (Å²) in [6, 6.07) is 3.24. The van der Waals surface area contributed by atoms with E-state index in [1.54, 1.807) is 0 Å². The first kappa shape index (κ1) is 10.7. The van der Waals surface area contributed by atoms with Crippen molar-refractivity contribution in [1.82, 2.24) is 4.98 Å². The zero-order chi connectivity index (χ0) is 11.9. The average molecular weight is 227 g/mol. The molecular weight excluding hydrogens is 219 g/mol. The molecular formula is C11H8F3NO. The molecule has 1 heterocycles. The fraction of sp³-hybridized carbons (Fsp3) is 0.182. The fourth-order valence-electron chi connectivity index (χ4n) is 1.52. The summed E-state index contributed by atoms with van der Waals surface area (Å²) in [6.07, 6.45) is -2.78. The van der Waals surface area contributed by atoms with Crippen LogP contribution in [-0.2, 0) is 0 Å². The number of aromatic amines is 1. The molecule has 84 valence electrons. The monoisotopic (exact) mass is 227 g/mol. The third-order valence-corrected chi connectivity index (χ3v) is 2.36. The minimum Gasteiger partial charge on any atom is -0.353 e. The molecule has 0 aliphatic carbocycles. The first-order chi connectivity index (χ1) is 7.49.